The highest BCUT2D eigenvalue weighted by Crippen LogP contribution is 2.30. The van der Waals surface area contributed by atoms with Crippen molar-refractivity contribution < 1.29 is 14.7 Å². The summed E-state index contributed by atoms with van der Waals surface area (Å²) in [5, 5.41) is 13.0. The quantitative estimate of drug-likeness (QED) is 0.623. The molecule has 1 atom stereocenters. The third kappa shape index (κ3) is 4.92. The summed E-state index contributed by atoms with van der Waals surface area (Å²) >= 11 is 0. The molecule has 0 bridgehead atoms. The normalized spacial score (nSPS) is 20.7. The molecule has 1 rings (SSSR count). The molecule has 106 valence electrons. The first kappa shape index (κ1) is 15.4. The molecular weight excluding hydrogens is 232 g/mol. The van der Waals surface area contributed by atoms with Crippen LogP contribution in [0.15, 0.2) is 0 Å². The molecule has 0 aromatic rings. The van der Waals surface area contributed by atoms with Crippen LogP contribution in [0.2, 0.25) is 0 Å². The Bertz CT molecular complexity index is 263. The minimum Gasteiger partial charge on any atom is -0.389 e. The summed E-state index contributed by atoms with van der Waals surface area (Å²) in [7, 11) is 0. The van der Waals surface area contributed by atoms with Gasteiger partial charge < -0.3 is 10.4 Å². The Morgan fingerprint density at radius 1 is 1.39 bits per heavy atom. The zero-order valence-electron chi connectivity index (χ0n) is 11.4. The Hall–Kier alpha value is -0.650. The van der Waals surface area contributed by atoms with E-state index in [1.165, 1.54) is 0 Å². The van der Waals surface area contributed by atoms with Gasteiger partial charge >= 0.3 is 0 Å². The summed E-state index contributed by atoms with van der Waals surface area (Å²) in [5.74, 6) is 5.29. The van der Waals surface area contributed by atoms with Crippen molar-refractivity contribution in [1.82, 2.24) is 5.32 Å². The molecule has 18 heavy (non-hydrogen) atoms. The van der Waals surface area contributed by atoms with Gasteiger partial charge in [-0.3, -0.25) is 9.63 Å². The molecule has 1 fully saturated rings. The van der Waals surface area contributed by atoms with Gasteiger partial charge in [-0.25, -0.2) is 5.90 Å². The molecule has 0 spiro atoms. The van der Waals surface area contributed by atoms with Crippen LogP contribution in [0.25, 0.3) is 0 Å². The number of nitrogens with two attached hydrogens (primary N) is 1. The first-order valence-corrected chi connectivity index (χ1v) is 6.81. The highest BCUT2D eigenvalue weighted by Gasteiger charge is 2.31. The van der Waals surface area contributed by atoms with Gasteiger partial charge in [0.15, 0.2) is 0 Å². The first-order chi connectivity index (χ1) is 8.47. The molecule has 1 amide bonds. The molecule has 0 saturated heterocycles. The van der Waals surface area contributed by atoms with Crippen molar-refractivity contribution in [2.45, 2.75) is 64.1 Å². The zero-order valence-corrected chi connectivity index (χ0v) is 11.4. The van der Waals surface area contributed by atoms with Gasteiger partial charge in [0.25, 0.3) is 0 Å². The van der Waals surface area contributed by atoms with Crippen LogP contribution in [0.5, 0.6) is 0 Å². The van der Waals surface area contributed by atoms with Gasteiger partial charge in [0.1, 0.15) is 0 Å². The monoisotopic (exact) mass is 258 g/mol. The van der Waals surface area contributed by atoms with Crippen LogP contribution in [-0.2, 0) is 9.63 Å². The number of nitrogens with one attached hydrogen (secondary N) is 1. The molecule has 1 unspecified atom stereocenters. The van der Waals surface area contributed by atoms with Crippen LogP contribution in [0, 0.1) is 5.92 Å². The lowest BCUT2D eigenvalue weighted by Crippen LogP contribution is -2.42. The lowest BCUT2D eigenvalue weighted by atomic mass is 9.82. The van der Waals surface area contributed by atoms with E-state index in [9.17, 15) is 9.90 Å². The molecule has 0 aromatic carbocycles. The number of rotatable bonds is 6. The van der Waals surface area contributed by atoms with E-state index in [1.54, 1.807) is 0 Å². The van der Waals surface area contributed by atoms with E-state index in [1.807, 2.05) is 13.8 Å². The lowest BCUT2D eigenvalue weighted by molar-refractivity contribution is -0.128. The van der Waals surface area contributed by atoms with E-state index < -0.39 is 5.60 Å². The molecule has 1 aliphatic rings. The van der Waals surface area contributed by atoms with Crippen LogP contribution in [0.4, 0.5) is 0 Å². The molecule has 4 N–H and O–H groups in total. The lowest BCUT2D eigenvalue weighted by Gasteiger charge is -2.31. The third-order valence-corrected chi connectivity index (χ3v) is 3.69. The molecule has 5 heteroatoms. The van der Waals surface area contributed by atoms with E-state index in [2.05, 4.69) is 5.32 Å². The van der Waals surface area contributed by atoms with Crippen molar-refractivity contribution in [3.8, 4) is 0 Å². The van der Waals surface area contributed by atoms with E-state index in [0.29, 0.717) is 6.54 Å². The average Bonchev–Trinajstić information content (AvgIpc) is 2.29. The van der Waals surface area contributed by atoms with E-state index >= 15 is 0 Å². The number of hydrogen-bond acceptors (Lipinski definition) is 4. The standard InChI is InChI=1S/C13H26N2O3/c1-10(2)11(18-14)9-15-12(16)8-13(17)6-4-3-5-7-13/h10-11,17H,3-9,14H2,1-2H3,(H,15,16). The van der Waals surface area contributed by atoms with Crippen molar-refractivity contribution >= 4 is 5.91 Å². The maximum Gasteiger partial charge on any atom is 0.222 e. The molecule has 0 aliphatic heterocycles. The second-order valence-corrected chi connectivity index (χ2v) is 5.68. The maximum atomic E-state index is 11.8. The number of hydrogen-bond donors (Lipinski definition) is 3. The van der Waals surface area contributed by atoms with Crippen LogP contribution in [0.1, 0.15) is 52.4 Å². The topological polar surface area (TPSA) is 84.6 Å². The summed E-state index contributed by atoms with van der Waals surface area (Å²) in [4.78, 5) is 16.6. The minimum absolute atomic E-state index is 0.123. The summed E-state index contributed by atoms with van der Waals surface area (Å²) < 4.78 is 0. The second kappa shape index (κ2) is 7.07. The Morgan fingerprint density at radius 2 is 2.00 bits per heavy atom. The van der Waals surface area contributed by atoms with Crippen LogP contribution in [-0.4, -0.2) is 29.3 Å². The smallest absolute Gasteiger partial charge is 0.222 e. The summed E-state index contributed by atoms with van der Waals surface area (Å²) in [6.45, 7) is 4.36. The van der Waals surface area contributed by atoms with E-state index in [4.69, 9.17) is 10.7 Å². The van der Waals surface area contributed by atoms with Crippen LogP contribution in [0.3, 0.4) is 0 Å². The maximum absolute atomic E-state index is 11.8. The fourth-order valence-corrected chi connectivity index (χ4v) is 2.40. The number of carbonyl (C=O) groups excluding carboxylic acids is 1. The molecule has 0 heterocycles. The highest BCUT2D eigenvalue weighted by atomic mass is 16.6. The van der Waals surface area contributed by atoms with E-state index in [-0.39, 0.29) is 24.3 Å². The fourth-order valence-electron chi connectivity index (χ4n) is 2.40. The molecule has 1 saturated carbocycles. The van der Waals surface area contributed by atoms with Crippen molar-refractivity contribution in [3.05, 3.63) is 0 Å². The number of carbonyl (C=O) groups is 1. The molecule has 0 aromatic heterocycles. The Kier molecular flexibility index (Phi) is 6.05. The molecular formula is C13H26N2O3. The Morgan fingerprint density at radius 3 is 2.50 bits per heavy atom. The first-order valence-electron chi connectivity index (χ1n) is 6.81. The SMILES string of the molecule is CC(C)C(CNC(=O)CC1(O)CCCCC1)ON. The Balaban J connectivity index is 2.32. The predicted molar refractivity (Wildman–Crippen MR) is 69.6 cm³/mol. The highest BCUT2D eigenvalue weighted by molar-refractivity contribution is 5.77. The summed E-state index contributed by atoms with van der Waals surface area (Å²) in [5.41, 5.74) is -0.806. The predicted octanol–water partition coefficient (Wildman–Crippen LogP) is 1.10. The fraction of sp³-hybridized carbons (Fsp3) is 0.923. The minimum atomic E-state index is -0.806. The van der Waals surface area contributed by atoms with Crippen LogP contribution < -0.4 is 11.2 Å². The molecule has 0 radical (unpaired) electrons. The second-order valence-electron chi connectivity index (χ2n) is 5.68. The van der Waals surface area contributed by atoms with Gasteiger partial charge in [-0.05, 0) is 18.8 Å². The van der Waals surface area contributed by atoms with Gasteiger partial charge in [0.2, 0.25) is 5.91 Å². The van der Waals surface area contributed by atoms with Crippen molar-refractivity contribution in [2.75, 3.05) is 6.54 Å². The summed E-state index contributed by atoms with van der Waals surface area (Å²) in [6.07, 6.45) is 4.61. The molecule has 5 nitrogen and oxygen atoms in total. The Labute approximate surface area is 109 Å². The zero-order chi connectivity index (χ0) is 13.6. The van der Waals surface area contributed by atoms with Gasteiger partial charge in [0, 0.05) is 6.54 Å². The number of amides is 1. The molecule has 1 aliphatic carbocycles. The van der Waals surface area contributed by atoms with E-state index in [0.717, 1.165) is 32.1 Å². The number of aliphatic hydroxyl groups is 1. The third-order valence-electron chi connectivity index (χ3n) is 3.69. The average molecular weight is 258 g/mol. The summed E-state index contributed by atoms with van der Waals surface area (Å²) in [6, 6.07) is 0. The van der Waals surface area contributed by atoms with Gasteiger partial charge in [0.05, 0.1) is 18.1 Å². The van der Waals surface area contributed by atoms with Crippen LogP contribution >= 0.6 is 0 Å². The van der Waals surface area contributed by atoms with Crippen molar-refractivity contribution in [3.63, 3.8) is 0 Å². The largest absolute Gasteiger partial charge is 0.389 e. The van der Waals surface area contributed by atoms with Gasteiger partial charge in [-0.15, -0.1) is 0 Å². The van der Waals surface area contributed by atoms with Gasteiger partial charge in [-0.2, -0.15) is 0 Å². The van der Waals surface area contributed by atoms with Crippen molar-refractivity contribution in [2.24, 2.45) is 11.8 Å². The van der Waals surface area contributed by atoms with Crippen molar-refractivity contribution in [1.29, 1.82) is 0 Å². The van der Waals surface area contributed by atoms with Gasteiger partial charge in [-0.1, -0.05) is 33.1 Å².